The first-order chi connectivity index (χ1) is 11.3. The van der Waals surface area contributed by atoms with Crippen LogP contribution in [0, 0.1) is 0 Å². The van der Waals surface area contributed by atoms with E-state index in [0.717, 1.165) is 18.2 Å². The third-order valence-corrected chi connectivity index (χ3v) is 5.92. The van der Waals surface area contributed by atoms with E-state index < -0.39 is 38.5 Å². The second kappa shape index (κ2) is 6.51. The number of carbonyl (C=O) groups is 1. The summed E-state index contributed by atoms with van der Waals surface area (Å²) in [5.41, 5.74) is -1.67. The number of benzene rings is 1. The summed E-state index contributed by atoms with van der Waals surface area (Å²) in [4.78, 5) is 11.3. The van der Waals surface area contributed by atoms with Crippen molar-refractivity contribution in [3.63, 3.8) is 0 Å². The average Bonchev–Trinajstić information content (AvgIpc) is 2.39. The van der Waals surface area contributed by atoms with E-state index in [1.807, 2.05) is 0 Å². The van der Waals surface area contributed by atoms with Crippen molar-refractivity contribution in [3.05, 3.63) is 29.8 Å². The quantitative estimate of drug-likeness (QED) is 0.872. The van der Waals surface area contributed by atoms with Gasteiger partial charge >= 0.3 is 12.3 Å². The van der Waals surface area contributed by atoms with Crippen LogP contribution in [0.1, 0.15) is 39.2 Å². The highest BCUT2D eigenvalue weighted by molar-refractivity contribution is 7.92. The standard InChI is InChI=1S/C16H20F3NO4S/c1-15(2,3)24-14(21)20-11-8-13(9-11)25(22,23)12-6-4-5-10(7-12)16(17,18)19/h4-7,11,13H,8-9H2,1-3H3,(H,20,21)/t11-,13+. The number of alkyl halides is 3. The van der Waals surface area contributed by atoms with E-state index >= 15 is 0 Å². The van der Waals surface area contributed by atoms with Crippen LogP contribution in [0.2, 0.25) is 0 Å². The molecule has 1 fully saturated rings. The normalized spacial score (nSPS) is 21.4. The van der Waals surface area contributed by atoms with Crippen LogP contribution in [0.15, 0.2) is 29.2 Å². The first kappa shape index (κ1) is 19.6. The Balaban J connectivity index is 2.01. The Bertz CT molecular complexity index is 747. The van der Waals surface area contributed by atoms with Gasteiger partial charge in [0, 0.05) is 6.04 Å². The summed E-state index contributed by atoms with van der Waals surface area (Å²) in [5.74, 6) is 0. The summed E-state index contributed by atoms with van der Waals surface area (Å²) in [7, 11) is -3.88. The molecule has 0 radical (unpaired) electrons. The van der Waals surface area contributed by atoms with Crippen LogP contribution in [0.3, 0.4) is 0 Å². The summed E-state index contributed by atoms with van der Waals surface area (Å²) in [6.45, 7) is 5.11. The van der Waals surface area contributed by atoms with Gasteiger partial charge in [0.1, 0.15) is 5.60 Å². The van der Waals surface area contributed by atoms with Gasteiger partial charge in [0.2, 0.25) is 0 Å². The topological polar surface area (TPSA) is 72.5 Å². The molecule has 0 bridgehead atoms. The molecule has 5 nitrogen and oxygen atoms in total. The Hall–Kier alpha value is -1.77. The van der Waals surface area contributed by atoms with Gasteiger partial charge in [0.05, 0.1) is 15.7 Å². The van der Waals surface area contributed by atoms with Crippen molar-refractivity contribution in [2.75, 3.05) is 0 Å². The van der Waals surface area contributed by atoms with Crippen LogP contribution in [0.4, 0.5) is 18.0 Å². The summed E-state index contributed by atoms with van der Waals surface area (Å²) in [6, 6.07) is 3.32. The van der Waals surface area contributed by atoms with Gasteiger partial charge in [-0.15, -0.1) is 0 Å². The third-order valence-electron chi connectivity index (χ3n) is 3.74. The minimum atomic E-state index is -4.61. The lowest BCUT2D eigenvalue weighted by Crippen LogP contribution is -2.50. The smallest absolute Gasteiger partial charge is 0.416 e. The van der Waals surface area contributed by atoms with Gasteiger partial charge in [0.25, 0.3) is 0 Å². The minimum absolute atomic E-state index is 0.137. The number of alkyl carbamates (subject to hydrolysis) is 1. The van der Waals surface area contributed by atoms with Crippen LogP contribution < -0.4 is 5.32 Å². The molecule has 1 N–H and O–H groups in total. The highest BCUT2D eigenvalue weighted by Gasteiger charge is 2.41. The monoisotopic (exact) mass is 379 g/mol. The molecule has 0 saturated heterocycles. The van der Waals surface area contributed by atoms with E-state index in [9.17, 15) is 26.4 Å². The van der Waals surface area contributed by atoms with Gasteiger partial charge in [-0.3, -0.25) is 0 Å². The molecule has 1 aliphatic rings. The fourth-order valence-electron chi connectivity index (χ4n) is 2.45. The molecule has 0 aromatic heterocycles. The van der Waals surface area contributed by atoms with Gasteiger partial charge in [-0.25, -0.2) is 13.2 Å². The first-order valence-corrected chi connectivity index (χ1v) is 9.24. The molecule has 140 valence electrons. The summed E-state index contributed by atoms with van der Waals surface area (Å²) in [6.07, 6.45) is -4.98. The molecule has 25 heavy (non-hydrogen) atoms. The van der Waals surface area contributed by atoms with Crippen LogP contribution in [-0.2, 0) is 20.8 Å². The number of halogens is 3. The molecule has 0 aliphatic heterocycles. The Kier molecular flexibility index (Phi) is 5.09. The second-order valence-electron chi connectivity index (χ2n) is 7.01. The maximum absolute atomic E-state index is 12.7. The number of carbonyl (C=O) groups excluding carboxylic acids is 1. The SMILES string of the molecule is CC(C)(C)OC(=O)N[C@H]1C[C@@H](S(=O)(=O)c2cccc(C(F)(F)F)c2)C1. The van der Waals surface area contributed by atoms with Crippen LogP contribution >= 0.6 is 0 Å². The molecular weight excluding hydrogens is 359 g/mol. The largest absolute Gasteiger partial charge is 0.444 e. The van der Waals surface area contributed by atoms with Crippen molar-refractivity contribution in [2.45, 2.75) is 61.6 Å². The molecule has 1 amide bonds. The lowest BCUT2D eigenvalue weighted by atomic mass is 9.92. The van der Waals surface area contributed by atoms with E-state index in [1.165, 1.54) is 0 Å². The van der Waals surface area contributed by atoms with E-state index in [0.29, 0.717) is 6.07 Å². The van der Waals surface area contributed by atoms with Crippen molar-refractivity contribution in [1.29, 1.82) is 0 Å². The van der Waals surface area contributed by atoms with Crippen LogP contribution in [0.25, 0.3) is 0 Å². The van der Waals surface area contributed by atoms with E-state index in [4.69, 9.17) is 4.74 Å². The molecule has 1 saturated carbocycles. The predicted molar refractivity (Wildman–Crippen MR) is 84.8 cm³/mol. The third kappa shape index (κ3) is 4.87. The Morgan fingerprint density at radius 2 is 1.80 bits per heavy atom. The van der Waals surface area contributed by atoms with Gasteiger partial charge in [-0.2, -0.15) is 13.2 Å². The molecular formula is C16H20F3NO4S. The lowest BCUT2D eigenvalue weighted by molar-refractivity contribution is -0.137. The number of amides is 1. The van der Waals surface area contributed by atoms with E-state index in [-0.39, 0.29) is 23.8 Å². The number of sulfone groups is 1. The second-order valence-corrected chi connectivity index (χ2v) is 9.24. The van der Waals surface area contributed by atoms with Crippen molar-refractivity contribution in [1.82, 2.24) is 5.32 Å². The van der Waals surface area contributed by atoms with Gasteiger partial charge in [-0.1, -0.05) is 6.07 Å². The van der Waals surface area contributed by atoms with Gasteiger partial charge in [-0.05, 0) is 51.8 Å². The van der Waals surface area contributed by atoms with Crippen molar-refractivity contribution in [3.8, 4) is 0 Å². The molecule has 1 aliphatic carbocycles. The zero-order chi connectivity index (χ0) is 19.0. The number of rotatable bonds is 3. The number of ether oxygens (including phenoxy) is 1. The Morgan fingerprint density at radius 3 is 2.32 bits per heavy atom. The zero-order valence-corrected chi connectivity index (χ0v) is 14.9. The first-order valence-electron chi connectivity index (χ1n) is 7.70. The highest BCUT2D eigenvalue weighted by atomic mass is 32.2. The molecule has 0 atom stereocenters. The molecule has 1 aromatic rings. The molecule has 0 spiro atoms. The zero-order valence-electron chi connectivity index (χ0n) is 14.1. The van der Waals surface area contributed by atoms with Gasteiger partial charge in [0.15, 0.2) is 9.84 Å². The van der Waals surface area contributed by atoms with Crippen molar-refractivity contribution < 1.29 is 31.1 Å². The fraction of sp³-hybridized carbons (Fsp3) is 0.562. The molecule has 0 heterocycles. The number of nitrogens with one attached hydrogen (secondary N) is 1. The van der Waals surface area contributed by atoms with Crippen LogP contribution in [-0.4, -0.2) is 31.4 Å². The van der Waals surface area contributed by atoms with E-state index in [2.05, 4.69) is 5.32 Å². The Labute approximate surface area is 144 Å². The summed E-state index contributed by atoms with van der Waals surface area (Å²) in [5, 5.41) is 1.73. The minimum Gasteiger partial charge on any atom is -0.444 e. The highest BCUT2D eigenvalue weighted by Crippen LogP contribution is 2.35. The van der Waals surface area contributed by atoms with Gasteiger partial charge < -0.3 is 10.1 Å². The number of hydrogen-bond acceptors (Lipinski definition) is 4. The van der Waals surface area contributed by atoms with E-state index in [1.54, 1.807) is 20.8 Å². The summed E-state index contributed by atoms with van der Waals surface area (Å²) < 4.78 is 68.2. The van der Waals surface area contributed by atoms with Crippen molar-refractivity contribution >= 4 is 15.9 Å². The summed E-state index contributed by atoms with van der Waals surface area (Å²) >= 11 is 0. The molecule has 9 heteroatoms. The fourth-order valence-corrected chi connectivity index (χ4v) is 4.37. The maximum atomic E-state index is 12.7. The molecule has 0 unspecified atom stereocenters. The predicted octanol–water partition coefficient (Wildman–Crippen LogP) is 3.53. The number of hydrogen-bond donors (Lipinski definition) is 1. The maximum Gasteiger partial charge on any atom is 0.416 e. The Morgan fingerprint density at radius 1 is 1.20 bits per heavy atom. The van der Waals surface area contributed by atoms with Crippen LogP contribution in [0.5, 0.6) is 0 Å². The van der Waals surface area contributed by atoms with Crippen molar-refractivity contribution in [2.24, 2.45) is 0 Å². The molecule has 2 rings (SSSR count). The lowest BCUT2D eigenvalue weighted by Gasteiger charge is -2.35. The molecule has 1 aromatic carbocycles. The average molecular weight is 379 g/mol.